The second kappa shape index (κ2) is 5.95. The van der Waals surface area contributed by atoms with Crippen LogP contribution in [0, 0.1) is 0 Å². The van der Waals surface area contributed by atoms with Crippen LogP contribution in [0.3, 0.4) is 0 Å². The average molecular weight is 215 g/mol. The Morgan fingerprint density at radius 1 is 1.40 bits per heavy atom. The van der Waals surface area contributed by atoms with Crippen LogP contribution in [0.15, 0.2) is 0 Å². The maximum absolute atomic E-state index is 11.4. The molecule has 0 saturated heterocycles. The van der Waals surface area contributed by atoms with Gasteiger partial charge in [-0.15, -0.1) is 0 Å². The largest absolute Gasteiger partial charge is 0.336 e. The summed E-state index contributed by atoms with van der Waals surface area (Å²) >= 11 is 0. The fourth-order valence-corrected chi connectivity index (χ4v) is 0.832. The molecule has 0 aromatic carbocycles. The molecule has 4 heteroatoms. The monoisotopic (exact) mass is 215 g/mol. The van der Waals surface area contributed by atoms with Gasteiger partial charge in [0.25, 0.3) is 0 Å². The lowest BCUT2D eigenvalue weighted by Crippen LogP contribution is -2.51. The van der Waals surface area contributed by atoms with E-state index in [1.54, 1.807) is 0 Å². The van der Waals surface area contributed by atoms with Gasteiger partial charge in [-0.05, 0) is 41.3 Å². The van der Waals surface area contributed by atoms with E-state index in [1.807, 2.05) is 21.0 Å². The molecule has 0 bridgehead atoms. The minimum atomic E-state index is -0.0840. The number of rotatable bonds is 5. The zero-order valence-corrected chi connectivity index (χ0v) is 10.8. The maximum Gasteiger partial charge on any atom is 0.315 e. The van der Waals surface area contributed by atoms with Crippen molar-refractivity contribution in [3.63, 3.8) is 0 Å². The van der Waals surface area contributed by atoms with Crippen molar-refractivity contribution in [1.29, 1.82) is 0 Å². The van der Waals surface area contributed by atoms with Crippen molar-refractivity contribution in [2.24, 2.45) is 0 Å². The lowest BCUT2D eigenvalue weighted by Gasteiger charge is -2.32. The number of hydrogen-bond donors (Lipinski definition) is 2. The van der Waals surface area contributed by atoms with Crippen molar-refractivity contribution in [2.75, 3.05) is 20.6 Å². The predicted molar refractivity (Wildman–Crippen MR) is 64.1 cm³/mol. The zero-order chi connectivity index (χ0) is 12.1. The van der Waals surface area contributed by atoms with E-state index in [2.05, 4.69) is 36.3 Å². The second-order valence-electron chi connectivity index (χ2n) is 4.84. The Balaban J connectivity index is 3.90. The predicted octanol–water partition coefficient (Wildman–Crippen LogP) is 1.42. The molecule has 15 heavy (non-hydrogen) atoms. The molecule has 1 unspecified atom stereocenters. The Bertz CT molecular complexity index is 202. The first-order valence-electron chi connectivity index (χ1n) is 5.51. The highest BCUT2D eigenvalue weighted by molar-refractivity contribution is 5.74. The van der Waals surface area contributed by atoms with Crippen LogP contribution < -0.4 is 10.6 Å². The maximum atomic E-state index is 11.4. The van der Waals surface area contributed by atoms with E-state index in [1.165, 1.54) is 0 Å². The first-order chi connectivity index (χ1) is 6.79. The van der Waals surface area contributed by atoms with E-state index in [-0.39, 0.29) is 17.6 Å². The van der Waals surface area contributed by atoms with E-state index in [0.29, 0.717) is 6.54 Å². The molecule has 4 nitrogen and oxygen atoms in total. The summed E-state index contributed by atoms with van der Waals surface area (Å²) in [6.07, 6.45) is 0.949. The number of likely N-dealkylation sites (N-methyl/N-ethyl adjacent to an activating group) is 1. The number of nitrogens with one attached hydrogen (secondary N) is 2. The van der Waals surface area contributed by atoms with Gasteiger partial charge in [-0.2, -0.15) is 0 Å². The zero-order valence-electron chi connectivity index (χ0n) is 10.8. The Hall–Kier alpha value is -0.770. The smallest absolute Gasteiger partial charge is 0.315 e. The molecule has 0 heterocycles. The molecule has 2 N–H and O–H groups in total. The lowest BCUT2D eigenvalue weighted by molar-refractivity contribution is 0.185. The SMILES string of the molecule is CCC(C)NC(=O)NCC(C)(C)N(C)C. The van der Waals surface area contributed by atoms with Gasteiger partial charge in [0, 0.05) is 18.1 Å². The van der Waals surface area contributed by atoms with E-state index in [9.17, 15) is 4.79 Å². The topological polar surface area (TPSA) is 44.4 Å². The van der Waals surface area contributed by atoms with Gasteiger partial charge in [0.15, 0.2) is 0 Å². The van der Waals surface area contributed by atoms with Crippen LogP contribution in [0.25, 0.3) is 0 Å². The number of urea groups is 1. The summed E-state index contributed by atoms with van der Waals surface area (Å²) in [5, 5.41) is 5.75. The minimum Gasteiger partial charge on any atom is -0.336 e. The molecule has 0 aliphatic carbocycles. The molecule has 0 aromatic heterocycles. The van der Waals surface area contributed by atoms with Gasteiger partial charge in [-0.3, -0.25) is 0 Å². The van der Waals surface area contributed by atoms with E-state index in [0.717, 1.165) is 6.42 Å². The fraction of sp³-hybridized carbons (Fsp3) is 0.909. The molecule has 90 valence electrons. The van der Waals surface area contributed by atoms with Crippen molar-refractivity contribution >= 4 is 6.03 Å². The summed E-state index contributed by atoms with van der Waals surface area (Å²) in [6, 6.07) is 0.145. The van der Waals surface area contributed by atoms with Crippen molar-refractivity contribution in [3.05, 3.63) is 0 Å². The molecular formula is C11H25N3O. The summed E-state index contributed by atoms with van der Waals surface area (Å²) < 4.78 is 0. The highest BCUT2D eigenvalue weighted by Crippen LogP contribution is 2.07. The molecule has 0 spiro atoms. The standard InChI is InChI=1S/C11H25N3O/c1-7-9(2)13-10(15)12-8-11(3,4)14(5)6/h9H,7-8H2,1-6H3,(H2,12,13,15). The molecule has 0 radical (unpaired) electrons. The van der Waals surface area contributed by atoms with Crippen LogP contribution >= 0.6 is 0 Å². The van der Waals surface area contributed by atoms with Crippen LogP contribution in [0.2, 0.25) is 0 Å². The number of carbonyl (C=O) groups excluding carboxylic acids is 1. The van der Waals surface area contributed by atoms with E-state index >= 15 is 0 Å². The van der Waals surface area contributed by atoms with Crippen molar-refractivity contribution in [2.45, 2.75) is 45.7 Å². The molecule has 0 aromatic rings. The summed E-state index contributed by atoms with van der Waals surface area (Å²) in [5.41, 5.74) is -0.0210. The van der Waals surface area contributed by atoms with Crippen LogP contribution in [0.5, 0.6) is 0 Å². The van der Waals surface area contributed by atoms with Crippen LogP contribution in [0.1, 0.15) is 34.1 Å². The molecule has 0 rings (SSSR count). The van der Waals surface area contributed by atoms with Crippen LogP contribution in [0.4, 0.5) is 4.79 Å². The number of amides is 2. The van der Waals surface area contributed by atoms with Crippen molar-refractivity contribution in [1.82, 2.24) is 15.5 Å². The van der Waals surface area contributed by atoms with Gasteiger partial charge in [0.05, 0.1) is 0 Å². The quantitative estimate of drug-likeness (QED) is 0.728. The van der Waals surface area contributed by atoms with Gasteiger partial charge in [-0.1, -0.05) is 6.92 Å². The number of nitrogens with zero attached hydrogens (tertiary/aromatic N) is 1. The summed E-state index contributed by atoms with van der Waals surface area (Å²) in [5.74, 6) is 0. The summed E-state index contributed by atoms with van der Waals surface area (Å²) in [4.78, 5) is 13.5. The number of hydrogen-bond acceptors (Lipinski definition) is 2. The molecule has 0 aliphatic rings. The van der Waals surface area contributed by atoms with Gasteiger partial charge >= 0.3 is 6.03 Å². The fourth-order valence-electron chi connectivity index (χ4n) is 0.832. The third kappa shape index (κ3) is 5.62. The van der Waals surface area contributed by atoms with Gasteiger partial charge in [-0.25, -0.2) is 4.79 Å². The summed E-state index contributed by atoms with van der Waals surface area (Å²) in [6.45, 7) is 8.88. The molecular weight excluding hydrogens is 190 g/mol. The molecule has 2 amide bonds. The van der Waals surface area contributed by atoms with E-state index in [4.69, 9.17) is 0 Å². The third-order valence-electron chi connectivity index (χ3n) is 2.88. The third-order valence-corrected chi connectivity index (χ3v) is 2.88. The lowest BCUT2D eigenvalue weighted by atomic mass is 10.0. The summed E-state index contributed by atoms with van der Waals surface area (Å²) in [7, 11) is 4.02. The number of carbonyl (C=O) groups is 1. The van der Waals surface area contributed by atoms with Crippen molar-refractivity contribution in [3.8, 4) is 0 Å². The Labute approximate surface area is 93.4 Å². The highest BCUT2D eigenvalue weighted by atomic mass is 16.2. The van der Waals surface area contributed by atoms with Gasteiger partial charge in [0.1, 0.15) is 0 Å². The molecule has 0 saturated carbocycles. The van der Waals surface area contributed by atoms with Crippen LogP contribution in [-0.2, 0) is 0 Å². The Morgan fingerprint density at radius 2 is 1.93 bits per heavy atom. The second-order valence-corrected chi connectivity index (χ2v) is 4.84. The van der Waals surface area contributed by atoms with Gasteiger partial charge < -0.3 is 15.5 Å². The average Bonchev–Trinajstić information content (AvgIpc) is 2.14. The molecule has 1 atom stereocenters. The van der Waals surface area contributed by atoms with Crippen molar-refractivity contribution < 1.29 is 4.79 Å². The minimum absolute atomic E-state index is 0.0210. The van der Waals surface area contributed by atoms with Gasteiger partial charge in [0.2, 0.25) is 0 Å². The molecule has 0 fully saturated rings. The van der Waals surface area contributed by atoms with E-state index < -0.39 is 0 Å². The first kappa shape index (κ1) is 14.2. The Morgan fingerprint density at radius 3 is 2.33 bits per heavy atom. The van der Waals surface area contributed by atoms with Crippen LogP contribution in [-0.4, -0.2) is 43.2 Å². The highest BCUT2D eigenvalue weighted by Gasteiger charge is 2.21. The first-order valence-corrected chi connectivity index (χ1v) is 5.51. The Kier molecular flexibility index (Phi) is 5.65. The normalized spacial score (nSPS) is 13.8. The molecule has 0 aliphatic heterocycles.